The fourth-order valence-corrected chi connectivity index (χ4v) is 4.38. The van der Waals surface area contributed by atoms with Gasteiger partial charge < -0.3 is 14.8 Å². The summed E-state index contributed by atoms with van der Waals surface area (Å²) < 4.78 is 10.4. The van der Waals surface area contributed by atoms with Crippen molar-refractivity contribution in [1.29, 1.82) is 5.26 Å². The van der Waals surface area contributed by atoms with Crippen LogP contribution in [0.2, 0.25) is 0 Å². The zero-order chi connectivity index (χ0) is 19.2. The maximum absolute atomic E-state index is 12.3. The number of carbonyl (C=O) groups excluding carboxylic acids is 2. The Labute approximate surface area is 161 Å². The lowest BCUT2D eigenvalue weighted by atomic mass is 10.1. The predicted octanol–water partition coefficient (Wildman–Crippen LogP) is 3.69. The van der Waals surface area contributed by atoms with Crippen LogP contribution < -0.4 is 10.1 Å². The Morgan fingerprint density at radius 2 is 1.93 bits per heavy atom. The van der Waals surface area contributed by atoms with Gasteiger partial charge >= 0.3 is 5.97 Å². The van der Waals surface area contributed by atoms with E-state index in [4.69, 9.17) is 14.7 Å². The van der Waals surface area contributed by atoms with E-state index >= 15 is 0 Å². The molecular formula is C20H20N2O4S. The Kier molecular flexibility index (Phi) is 6.09. The van der Waals surface area contributed by atoms with Crippen molar-refractivity contribution >= 4 is 28.2 Å². The Morgan fingerprint density at radius 3 is 2.63 bits per heavy atom. The number of anilines is 1. The zero-order valence-electron chi connectivity index (χ0n) is 15.0. The van der Waals surface area contributed by atoms with Gasteiger partial charge in [0, 0.05) is 4.88 Å². The van der Waals surface area contributed by atoms with Crippen LogP contribution in [0.25, 0.3) is 0 Å². The van der Waals surface area contributed by atoms with Gasteiger partial charge in [-0.05, 0) is 55.5 Å². The molecule has 1 heterocycles. The molecule has 1 aromatic carbocycles. The van der Waals surface area contributed by atoms with Gasteiger partial charge in [-0.3, -0.25) is 4.79 Å². The van der Waals surface area contributed by atoms with Crippen LogP contribution in [-0.4, -0.2) is 25.6 Å². The number of nitriles is 1. The molecule has 27 heavy (non-hydrogen) atoms. The Balaban J connectivity index is 1.71. The minimum Gasteiger partial charge on any atom is -0.484 e. The number of nitrogens with zero attached hydrogens (tertiary/aromatic N) is 1. The highest BCUT2D eigenvalue weighted by molar-refractivity contribution is 7.17. The minimum absolute atomic E-state index is 0.185. The maximum atomic E-state index is 12.3. The highest BCUT2D eigenvalue weighted by Crippen LogP contribution is 2.37. The molecule has 7 heteroatoms. The summed E-state index contributed by atoms with van der Waals surface area (Å²) in [5, 5.41) is 12.1. The molecule has 3 rings (SSSR count). The molecule has 1 aliphatic carbocycles. The summed E-state index contributed by atoms with van der Waals surface area (Å²) in [7, 11) is 1.35. The van der Waals surface area contributed by atoms with Gasteiger partial charge in [-0.1, -0.05) is 6.42 Å². The Hall–Kier alpha value is -2.85. The summed E-state index contributed by atoms with van der Waals surface area (Å²) in [6.45, 7) is -0.185. The largest absolute Gasteiger partial charge is 0.484 e. The number of aryl methyl sites for hydroxylation is 1. The van der Waals surface area contributed by atoms with E-state index in [0.29, 0.717) is 21.9 Å². The van der Waals surface area contributed by atoms with Crippen molar-refractivity contribution in [2.24, 2.45) is 0 Å². The summed E-state index contributed by atoms with van der Waals surface area (Å²) in [6, 6.07) is 8.55. The number of thiophene rings is 1. The number of ether oxygens (including phenoxy) is 2. The molecule has 0 saturated carbocycles. The van der Waals surface area contributed by atoms with Gasteiger partial charge in [0.05, 0.1) is 24.3 Å². The van der Waals surface area contributed by atoms with E-state index in [1.807, 2.05) is 6.07 Å². The smallest absolute Gasteiger partial charge is 0.341 e. The normalized spacial score (nSPS) is 13.0. The van der Waals surface area contributed by atoms with Crippen LogP contribution in [0, 0.1) is 11.3 Å². The van der Waals surface area contributed by atoms with Crippen molar-refractivity contribution in [3.63, 3.8) is 0 Å². The third-order valence-electron chi connectivity index (χ3n) is 4.42. The average Bonchev–Trinajstić information content (AvgIpc) is 2.86. The van der Waals surface area contributed by atoms with Crippen LogP contribution in [0.4, 0.5) is 5.00 Å². The summed E-state index contributed by atoms with van der Waals surface area (Å²) in [4.78, 5) is 25.7. The number of amides is 1. The number of hydrogen-bond donors (Lipinski definition) is 1. The standard InChI is InChI=1S/C20H20N2O4S/c1-25-20(24)18-15-5-3-2-4-6-16(15)27-19(18)22-17(23)12-26-14-9-7-13(11-21)8-10-14/h7-10H,2-6,12H2,1H3,(H,22,23). The van der Waals surface area contributed by atoms with Gasteiger partial charge in [-0.2, -0.15) is 5.26 Å². The first-order valence-electron chi connectivity index (χ1n) is 8.78. The lowest BCUT2D eigenvalue weighted by molar-refractivity contribution is -0.118. The number of benzene rings is 1. The van der Waals surface area contributed by atoms with Crippen LogP contribution in [0.3, 0.4) is 0 Å². The Bertz CT molecular complexity index is 881. The van der Waals surface area contributed by atoms with Gasteiger partial charge in [0.1, 0.15) is 10.8 Å². The summed E-state index contributed by atoms with van der Waals surface area (Å²) in [5.74, 6) is -0.266. The lowest BCUT2D eigenvalue weighted by Gasteiger charge is -2.09. The minimum atomic E-state index is -0.419. The second kappa shape index (κ2) is 8.69. The van der Waals surface area contributed by atoms with Crippen molar-refractivity contribution in [2.45, 2.75) is 32.1 Å². The molecule has 0 bridgehead atoms. The number of fused-ring (bicyclic) bond motifs is 1. The van der Waals surface area contributed by atoms with Crippen LogP contribution in [-0.2, 0) is 22.4 Å². The van der Waals surface area contributed by atoms with Gasteiger partial charge in [0.15, 0.2) is 6.61 Å². The zero-order valence-corrected chi connectivity index (χ0v) is 15.9. The monoisotopic (exact) mass is 384 g/mol. The van der Waals surface area contributed by atoms with E-state index in [9.17, 15) is 9.59 Å². The molecule has 1 aromatic heterocycles. The van der Waals surface area contributed by atoms with Crippen molar-refractivity contribution in [3.8, 4) is 11.8 Å². The molecule has 0 atom stereocenters. The highest BCUT2D eigenvalue weighted by Gasteiger charge is 2.26. The molecule has 0 fully saturated rings. The summed E-state index contributed by atoms with van der Waals surface area (Å²) >= 11 is 1.45. The van der Waals surface area contributed by atoms with Crippen LogP contribution >= 0.6 is 11.3 Å². The quantitative estimate of drug-likeness (QED) is 0.627. The SMILES string of the molecule is COC(=O)c1c(NC(=O)COc2ccc(C#N)cc2)sc2c1CCCCC2. The molecule has 0 spiro atoms. The fraction of sp³-hybridized carbons (Fsp3) is 0.350. The summed E-state index contributed by atoms with van der Waals surface area (Å²) in [6.07, 6.45) is 5.00. The number of hydrogen-bond acceptors (Lipinski definition) is 6. The van der Waals surface area contributed by atoms with E-state index in [-0.39, 0.29) is 12.5 Å². The molecule has 1 amide bonds. The van der Waals surface area contributed by atoms with Gasteiger partial charge in [-0.25, -0.2) is 4.79 Å². The third-order valence-corrected chi connectivity index (χ3v) is 5.62. The number of methoxy groups -OCH3 is 1. The van der Waals surface area contributed by atoms with Gasteiger partial charge in [0.25, 0.3) is 5.91 Å². The topological polar surface area (TPSA) is 88.4 Å². The molecule has 140 valence electrons. The predicted molar refractivity (Wildman–Crippen MR) is 102 cm³/mol. The first-order valence-corrected chi connectivity index (χ1v) is 9.59. The third kappa shape index (κ3) is 4.47. The highest BCUT2D eigenvalue weighted by atomic mass is 32.1. The van der Waals surface area contributed by atoms with E-state index < -0.39 is 5.97 Å². The van der Waals surface area contributed by atoms with Crippen molar-refractivity contribution in [3.05, 3.63) is 45.8 Å². The first kappa shape index (κ1) is 18.9. The number of esters is 1. The number of rotatable bonds is 5. The number of carbonyl (C=O) groups is 2. The van der Waals surface area contributed by atoms with Crippen LogP contribution in [0.1, 0.15) is 45.6 Å². The van der Waals surface area contributed by atoms with Crippen LogP contribution in [0.5, 0.6) is 5.75 Å². The second-order valence-corrected chi connectivity index (χ2v) is 7.34. The van der Waals surface area contributed by atoms with E-state index in [2.05, 4.69) is 5.32 Å². The van der Waals surface area contributed by atoms with Crippen molar-refractivity contribution < 1.29 is 19.1 Å². The maximum Gasteiger partial charge on any atom is 0.341 e. The van der Waals surface area contributed by atoms with Crippen LogP contribution in [0.15, 0.2) is 24.3 Å². The molecule has 0 saturated heterocycles. The molecule has 0 unspecified atom stereocenters. The first-order chi connectivity index (χ1) is 13.1. The van der Waals surface area contributed by atoms with Gasteiger partial charge in [0.2, 0.25) is 0 Å². The van der Waals surface area contributed by atoms with Gasteiger partial charge in [-0.15, -0.1) is 11.3 Å². The second-order valence-electron chi connectivity index (χ2n) is 6.23. The average molecular weight is 384 g/mol. The summed E-state index contributed by atoms with van der Waals surface area (Å²) in [5.41, 5.74) is 2.01. The fourth-order valence-electron chi connectivity index (χ4n) is 3.09. The molecule has 0 radical (unpaired) electrons. The van der Waals surface area contributed by atoms with E-state index in [1.54, 1.807) is 24.3 Å². The molecule has 0 aliphatic heterocycles. The molecule has 1 aliphatic rings. The molecular weight excluding hydrogens is 364 g/mol. The lowest BCUT2D eigenvalue weighted by Crippen LogP contribution is -2.21. The van der Waals surface area contributed by atoms with Crippen molar-refractivity contribution in [1.82, 2.24) is 0 Å². The van der Waals surface area contributed by atoms with E-state index in [0.717, 1.165) is 42.5 Å². The Morgan fingerprint density at radius 1 is 1.19 bits per heavy atom. The number of nitrogens with one attached hydrogen (secondary N) is 1. The molecule has 6 nitrogen and oxygen atoms in total. The van der Waals surface area contributed by atoms with Crippen molar-refractivity contribution in [2.75, 3.05) is 19.0 Å². The molecule has 2 aromatic rings. The van der Waals surface area contributed by atoms with E-state index in [1.165, 1.54) is 18.4 Å². The molecule has 1 N–H and O–H groups in total.